The minimum absolute atomic E-state index is 0.117. The third-order valence-corrected chi connectivity index (χ3v) is 2.98. The highest BCUT2D eigenvalue weighted by molar-refractivity contribution is 5.98. The normalized spacial score (nSPS) is 11.1. The number of nitrogens with two attached hydrogens (primary N) is 1. The number of rotatable bonds is 6. The second-order valence-corrected chi connectivity index (χ2v) is 4.73. The van der Waals surface area contributed by atoms with Crippen LogP contribution in [0.5, 0.6) is 0 Å². The molecule has 4 heteroatoms. The lowest BCUT2D eigenvalue weighted by Gasteiger charge is -2.05. The standard InChI is InChI=1S/C17H19N3O/c18-16(19-12-14-7-3-1-4-8-14)11-17(21)20-13-15-9-5-2-6-10-15/h1-10H,11-13H2,(H2,18,19)(H,20,21). The fraction of sp³-hybridized carbons (Fsp3) is 0.176. The van der Waals surface area contributed by atoms with Crippen molar-refractivity contribution in [3.8, 4) is 0 Å². The molecule has 0 saturated carbocycles. The predicted molar refractivity (Wildman–Crippen MR) is 84.7 cm³/mol. The molecule has 0 atom stereocenters. The number of carbonyl (C=O) groups is 1. The second kappa shape index (κ2) is 7.85. The number of aliphatic imine (C=N–C) groups is 1. The molecule has 0 aliphatic carbocycles. The molecule has 0 aliphatic rings. The topological polar surface area (TPSA) is 67.5 Å². The molecule has 2 aromatic carbocycles. The summed E-state index contributed by atoms with van der Waals surface area (Å²) >= 11 is 0. The van der Waals surface area contributed by atoms with E-state index in [4.69, 9.17) is 5.73 Å². The number of nitrogens with zero attached hydrogens (tertiary/aromatic N) is 1. The molecule has 108 valence electrons. The highest BCUT2D eigenvalue weighted by Gasteiger charge is 2.04. The van der Waals surface area contributed by atoms with Crippen LogP contribution >= 0.6 is 0 Å². The Bertz CT molecular complexity index is 594. The van der Waals surface area contributed by atoms with Gasteiger partial charge in [0.15, 0.2) is 0 Å². The highest BCUT2D eigenvalue weighted by atomic mass is 16.1. The average molecular weight is 281 g/mol. The molecule has 0 aromatic heterocycles. The number of benzene rings is 2. The summed E-state index contributed by atoms with van der Waals surface area (Å²) in [5.74, 6) is 0.234. The zero-order chi connectivity index (χ0) is 14.9. The number of nitrogens with one attached hydrogen (secondary N) is 1. The van der Waals surface area contributed by atoms with Crippen LogP contribution in [0.1, 0.15) is 17.5 Å². The van der Waals surface area contributed by atoms with Crippen LogP contribution < -0.4 is 11.1 Å². The van der Waals surface area contributed by atoms with Gasteiger partial charge in [-0.1, -0.05) is 60.7 Å². The van der Waals surface area contributed by atoms with E-state index >= 15 is 0 Å². The van der Waals surface area contributed by atoms with E-state index in [0.29, 0.717) is 18.9 Å². The van der Waals surface area contributed by atoms with E-state index in [-0.39, 0.29) is 12.3 Å². The molecule has 0 heterocycles. The van der Waals surface area contributed by atoms with Gasteiger partial charge in [0.2, 0.25) is 5.91 Å². The van der Waals surface area contributed by atoms with Crippen LogP contribution in [0.15, 0.2) is 65.7 Å². The molecule has 0 unspecified atom stereocenters. The van der Waals surface area contributed by atoms with Crippen molar-refractivity contribution in [3.63, 3.8) is 0 Å². The summed E-state index contributed by atoms with van der Waals surface area (Å²) in [5, 5.41) is 2.83. The highest BCUT2D eigenvalue weighted by Crippen LogP contribution is 2.01. The molecule has 0 aliphatic heterocycles. The quantitative estimate of drug-likeness (QED) is 0.630. The number of amidine groups is 1. The van der Waals surface area contributed by atoms with E-state index in [0.717, 1.165) is 11.1 Å². The minimum Gasteiger partial charge on any atom is -0.387 e. The zero-order valence-corrected chi connectivity index (χ0v) is 11.8. The SMILES string of the molecule is NC(CC(=O)NCc1ccccc1)=NCc1ccccc1. The Kier molecular flexibility index (Phi) is 5.52. The Balaban J connectivity index is 1.76. The summed E-state index contributed by atoms with van der Waals surface area (Å²) in [6, 6.07) is 19.6. The van der Waals surface area contributed by atoms with Crippen molar-refractivity contribution in [2.45, 2.75) is 19.5 Å². The van der Waals surface area contributed by atoms with Gasteiger partial charge in [-0.3, -0.25) is 9.79 Å². The lowest BCUT2D eigenvalue weighted by molar-refractivity contribution is -0.120. The summed E-state index contributed by atoms with van der Waals surface area (Å²) in [6.45, 7) is 1.00. The molecular weight excluding hydrogens is 262 g/mol. The van der Waals surface area contributed by atoms with Crippen molar-refractivity contribution in [3.05, 3.63) is 71.8 Å². The van der Waals surface area contributed by atoms with Gasteiger partial charge in [-0.15, -0.1) is 0 Å². The van der Waals surface area contributed by atoms with E-state index < -0.39 is 0 Å². The molecule has 2 rings (SSSR count). The smallest absolute Gasteiger partial charge is 0.227 e. The van der Waals surface area contributed by atoms with Gasteiger partial charge in [0.25, 0.3) is 0 Å². The van der Waals surface area contributed by atoms with Crippen molar-refractivity contribution in [1.29, 1.82) is 0 Å². The first-order valence-electron chi connectivity index (χ1n) is 6.87. The van der Waals surface area contributed by atoms with Crippen LogP contribution in [-0.2, 0) is 17.9 Å². The Morgan fingerprint density at radius 3 is 2.14 bits per heavy atom. The predicted octanol–water partition coefficient (Wildman–Crippen LogP) is 2.25. The number of amides is 1. The van der Waals surface area contributed by atoms with Crippen LogP contribution in [0.4, 0.5) is 0 Å². The molecule has 0 saturated heterocycles. The summed E-state index contributed by atoms with van der Waals surface area (Å²) < 4.78 is 0. The zero-order valence-electron chi connectivity index (χ0n) is 11.8. The lowest BCUT2D eigenvalue weighted by Crippen LogP contribution is -2.28. The Labute approximate surface area is 124 Å². The van der Waals surface area contributed by atoms with Gasteiger partial charge >= 0.3 is 0 Å². The second-order valence-electron chi connectivity index (χ2n) is 4.73. The van der Waals surface area contributed by atoms with Crippen molar-refractivity contribution in [2.75, 3.05) is 0 Å². The van der Waals surface area contributed by atoms with E-state index in [1.807, 2.05) is 60.7 Å². The number of carbonyl (C=O) groups excluding carboxylic acids is 1. The lowest BCUT2D eigenvalue weighted by atomic mass is 10.2. The van der Waals surface area contributed by atoms with E-state index in [1.54, 1.807) is 0 Å². The van der Waals surface area contributed by atoms with Gasteiger partial charge in [-0.05, 0) is 11.1 Å². The van der Waals surface area contributed by atoms with Crippen LogP contribution in [0, 0.1) is 0 Å². The molecule has 21 heavy (non-hydrogen) atoms. The molecule has 0 bridgehead atoms. The minimum atomic E-state index is -0.117. The van der Waals surface area contributed by atoms with Crippen LogP contribution in [0.3, 0.4) is 0 Å². The van der Waals surface area contributed by atoms with Crippen LogP contribution in [-0.4, -0.2) is 11.7 Å². The summed E-state index contributed by atoms with van der Waals surface area (Å²) in [7, 11) is 0. The van der Waals surface area contributed by atoms with Gasteiger partial charge < -0.3 is 11.1 Å². The van der Waals surface area contributed by atoms with Gasteiger partial charge in [-0.2, -0.15) is 0 Å². The van der Waals surface area contributed by atoms with Crippen molar-refractivity contribution >= 4 is 11.7 Å². The first-order chi connectivity index (χ1) is 10.2. The fourth-order valence-electron chi connectivity index (χ4n) is 1.86. The molecule has 2 aromatic rings. The van der Waals surface area contributed by atoms with Crippen molar-refractivity contribution in [1.82, 2.24) is 5.32 Å². The van der Waals surface area contributed by atoms with Crippen molar-refractivity contribution in [2.24, 2.45) is 10.7 Å². The molecule has 4 nitrogen and oxygen atoms in total. The Morgan fingerprint density at radius 1 is 0.952 bits per heavy atom. The third kappa shape index (κ3) is 5.48. The van der Waals surface area contributed by atoms with Crippen LogP contribution in [0.25, 0.3) is 0 Å². The van der Waals surface area contributed by atoms with Gasteiger partial charge in [0, 0.05) is 6.54 Å². The molecule has 0 spiro atoms. The first kappa shape index (κ1) is 14.8. The van der Waals surface area contributed by atoms with E-state index in [9.17, 15) is 4.79 Å². The maximum absolute atomic E-state index is 11.8. The van der Waals surface area contributed by atoms with E-state index in [2.05, 4.69) is 10.3 Å². The average Bonchev–Trinajstić information content (AvgIpc) is 2.53. The molecule has 3 N–H and O–H groups in total. The van der Waals surface area contributed by atoms with Crippen LogP contribution in [0.2, 0.25) is 0 Å². The van der Waals surface area contributed by atoms with Gasteiger partial charge in [0.05, 0.1) is 13.0 Å². The fourth-order valence-corrected chi connectivity index (χ4v) is 1.86. The molecular formula is C17H19N3O. The Hall–Kier alpha value is -2.62. The first-order valence-corrected chi connectivity index (χ1v) is 6.87. The molecule has 0 radical (unpaired) electrons. The maximum Gasteiger partial charge on any atom is 0.227 e. The van der Waals surface area contributed by atoms with Crippen molar-refractivity contribution < 1.29 is 4.79 Å². The number of hydrogen-bond acceptors (Lipinski definition) is 2. The third-order valence-electron chi connectivity index (χ3n) is 2.98. The Morgan fingerprint density at radius 2 is 1.52 bits per heavy atom. The summed E-state index contributed by atoms with van der Waals surface area (Å²) in [6.07, 6.45) is 0.125. The summed E-state index contributed by atoms with van der Waals surface area (Å²) in [4.78, 5) is 16.0. The van der Waals surface area contributed by atoms with Gasteiger partial charge in [0.1, 0.15) is 5.84 Å². The monoisotopic (exact) mass is 281 g/mol. The van der Waals surface area contributed by atoms with Gasteiger partial charge in [-0.25, -0.2) is 0 Å². The maximum atomic E-state index is 11.8. The molecule has 0 fully saturated rings. The summed E-state index contributed by atoms with van der Waals surface area (Å²) in [5.41, 5.74) is 7.92. The molecule has 1 amide bonds. The number of hydrogen-bond donors (Lipinski definition) is 2. The van der Waals surface area contributed by atoms with E-state index in [1.165, 1.54) is 0 Å². The largest absolute Gasteiger partial charge is 0.387 e.